The van der Waals surface area contributed by atoms with Crippen molar-refractivity contribution in [1.82, 2.24) is 14.8 Å². The first kappa shape index (κ1) is 17.6. The monoisotopic (exact) mass is 367 g/mol. The molecule has 1 amide bonds. The van der Waals surface area contributed by atoms with Crippen molar-refractivity contribution in [2.24, 2.45) is 5.92 Å². The van der Waals surface area contributed by atoms with Crippen molar-refractivity contribution in [3.05, 3.63) is 60.4 Å². The van der Waals surface area contributed by atoms with E-state index in [0.717, 1.165) is 31.1 Å². The molecule has 2 atom stereocenters. The van der Waals surface area contributed by atoms with Gasteiger partial charge < -0.3 is 4.90 Å². The summed E-state index contributed by atoms with van der Waals surface area (Å²) in [5.74, 6) is 1.39. The SMILES string of the molecule is O=C(CSc1ccncc1)N1C[C@@H]2CC[C@H](C1)N(Cc1ccccc1)C2. The molecule has 0 saturated carbocycles. The van der Waals surface area contributed by atoms with Crippen LogP contribution in [0.15, 0.2) is 59.8 Å². The van der Waals surface area contributed by atoms with Crippen LogP contribution in [-0.2, 0) is 11.3 Å². The minimum Gasteiger partial charge on any atom is -0.340 e. The first-order valence-electron chi connectivity index (χ1n) is 9.36. The average Bonchev–Trinajstić information content (AvgIpc) is 3.00. The molecule has 0 spiro atoms. The molecular formula is C21H25N3OS. The third kappa shape index (κ3) is 4.27. The number of aromatic nitrogens is 1. The van der Waals surface area contributed by atoms with Crippen LogP contribution in [0.1, 0.15) is 18.4 Å². The molecule has 1 aromatic heterocycles. The Labute approximate surface area is 159 Å². The Morgan fingerprint density at radius 2 is 1.85 bits per heavy atom. The molecule has 4 heterocycles. The van der Waals surface area contributed by atoms with Gasteiger partial charge in [0.2, 0.25) is 5.91 Å². The van der Waals surface area contributed by atoms with E-state index < -0.39 is 0 Å². The number of piperidine rings is 1. The number of thioether (sulfide) groups is 1. The third-order valence-electron chi connectivity index (χ3n) is 5.42. The standard InChI is InChI=1S/C21H25N3OS/c25-21(16-26-20-8-10-22-11-9-20)24-14-18-6-7-19(15-24)23(13-18)12-17-4-2-1-3-5-17/h1-5,8-11,18-19H,6-7,12-16H2/t18-,19-/m1/s1. The van der Waals surface area contributed by atoms with Gasteiger partial charge in [-0.3, -0.25) is 14.7 Å². The molecular weight excluding hydrogens is 342 g/mol. The summed E-state index contributed by atoms with van der Waals surface area (Å²) in [7, 11) is 0. The van der Waals surface area contributed by atoms with Gasteiger partial charge in [-0.1, -0.05) is 30.3 Å². The number of hydrogen-bond acceptors (Lipinski definition) is 4. The van der Waals surface area contributed by atoms with E-state index in [0.29, 0.717) is 17.7 Å². The Kier molecular flexibility index (Phi) is 5.56. The second kappa shape index (κ2) is 8.23. The highest BCUT2D eigenvalue weighted by Gasteiger charge is 2.36. The summed E-state index contributed by atoms with van der Waals surface area (Å²) in [6.07, 6.45) is 6.01. The molecule has 3 aliphatic heterocycles. The summed E-state index contributed by atoms with van der Waals surface area (Å²) >= 11 is 1.61. The fourth-order valence-corrected chi connectivity index (χ4v) is 4.85. The van der Waals surface area contributed by atoms with Crippen LogP contribution in [0.2, 0.25) is 0 Å². The van der Waals surface area contributed by atoms with Crippen LogP contribution in [0.3, 0.4) is 0 Å². The molecule has 2 aromatic rings. The van der Waals surface area contributed by atoms with Crippen molar-refractivity contribution >= 4 is 17.7 Å². The van der Waals surface area contributed by atoms with Crippen molar-refractivity contribution < 1.29 is 4.79 Å². The second-order valence-electron chi connectivity index (χ2n) is 7.28. The van der Waals surface area contributed by atoms with Crippen LogP contribution in [0.5, 0.6) is 0 Å². The lowest BCUT2D eigenvalue weighted by atomic mass is 9.94. The van der Waals surface area contributed by atoms with Gasteiger partial charge in [0.25, 0.3) is 0 Å². The van der Waals surface area contributed by atoms with E-state index in [1.807, 2.05) is 12.1 Å². The molecule has 4 nitrogen and oxygen atoms in total. The number of carbonyl (C=O) groups excluding carboxylic acids is 1. The normalized spacial score (nSPS) is 23.0. The Bertz CT molecular complexity index is 725. The fourth-order valence-electron chi connectivity index (χ4n) is 4.07. The zero-order chi connectivity index (χ0) is 17.8. The highest BCUT2D eigenvalue weighted by Crippen LogP contribution is 2.30. The number of benzene rings is 1. The van der Waals surface area contributed by atoms with Crippen molar-refractivity contribution in [1.29, 1.82) is 0 Å². The minimum atomic E-state index is 0.269. The van der Waals surface area contributed by atoms with Gasteiger partial charge in [-0.15, -0.1) is 11.8 Å². The number of nitrogens with zero attached hydrogens (tertiary/aromatic N) is 3. The van der Waals surface area contributed by atoms with Gasteiger partial charge in [-0.05, 0) is 36.5 Å². The van der Waals surface area contributed by atoms with Gasteiger partial charge in [0.15, 0.2) is 0 Å². The largest absolute Gasteiger partial charge is 0.340 e. The first-order valence-corrected chi connectivity index (χ1v) is 10.3. The number of carbonyl (C=O) groups is 1. The molecule has 2 bridgehead atoms. The topological polar surface area (TPSA) is 36.4 Å². The van der Waals surface area contributed by atoms with Crippen LogP contribution in [-0.4, -0.2) is 52.1 Å². The van der Waals surface area contributed by atoms with Crippen molar-refractivity contribution in [3.63, 3.8) is 0 Å². The van der Waals surface area contributed by atoms with E-state index in [9.17, 15) is 4.79 Å². The fraction of sp³-hybridized carbons (Fsp3) is 0.429. The van der Waals surface area contributed by atoms with Gasteiger partial charge in [0, 0.05) is 49.5 Å². The maximum absolute atomic E-state index is 12.8. The van der Waals surface area contributed by atoms with E-state index in [4.69, 9.17) is 0 Å². The summed E-state index contributed by atoms with van der Waals surface area (Å²) < 4.78 is 0. The number of hydrogen-bond donors (Lipinski definition) is 0. The van der Waals surface area contributed by atoms with Crippen LogP contribution in [0, 0.1) is 5.92 Å². The Hall–Kier alpha value is -1.85. The van der Waals surface area contributed by atoms with Crippen molar-refractivity contribution in [3.8, 4) is 0 Å². The Morgan fingerprint density at radius 1 is 1.04 bits per heavy atom. The summed E-state index contributed by atoms with van der Waals surface area (Å²) in [5.41, 5.74) is 1.37. The predicted molar refractivity (Wildman–Crippen MR) is 105 cm³/mol. The highest BCUT2D eigenvalue weighted by atomic mass is 32.2. The van der Waals surface area contributed by atoms with E-state index in [-0.39, 0.29) is 5.91 Å². The summed E-state index contributed by atoms with van der Waals surface area (Å²) in [5, 5.41) is 0. The van der Waals surface area contributed by atoms with Gasteiger partial charge in [-0.2, -0.15) is 0 Å². The molecule has 5 rings (SSSR count). The van der Waals surface area contributed by atoms with Gasteiger partial charge in [0.05, 0.1) is 5.75 Å². The van der Waals surface area contributed by atoms with Crippen molar-refractivity contribution in [2.75, 3.05) is 25.4 Å². The molecule has 5 heteroatoms. The summed E-state index contributed by atoms with van der Waals surface area (Å²) in [4.78, 5) is 22.6. The lowest BCUT2D eigenvalue weighted by molar-refractivity contribution is -0.128. The molecule has 0 radical (unpaired) electrons. The molecule has 3 aliphatic rings. The van der Waals surface area contributed by atoms with Crippen LogP contribution in [0.4, 0.5) is 0 Å². The van der Waals surface area contributed by atoms with Crippen LogP contribution < -0.4 is 0 Å². The molecule has 1 aromatic carbocycles. The minimum absolute atomic E-state index is 0.269. The van der Waals surface area contributed by atoms with Gasteiger partial charge in [0.1, 0.15) is 0 Å². The Balaban J connectivity index is 1.37. The molecule has 0 aliphatic carbocycles. The molecule has 3 saturated heterocycles. The molecule has 0 unspecified atom stereocenters. The molecule has 0 N–H and O–H groups in total. The molecule has 136 valence electrons. The maximum Gasteiger partial charge on any atom is 0.232 e. The summed E-state index contributed by atoms with van der Waals surface area (Å²) in [6, 6.07) is 15.1. The molecule has 26 heavy (non-hydrogen) atoms. The lowest BCUT2D eigenvalue weighted by Gasteiger charge is -2.36. The highest BCUT2D eigenvalue weighted by molar-refractivity contribution is 8.00. The number of rotatable bonds is 5. The maximum atomic E-state index is 12.8. The average molecular weight is 368 g/mol. The summed E-state index contributed by atoms with van der Waals surface area (Å²) in [6.45, 7) is 3.90. The zero-order valence-electron chi connectivity index (χ0n) is 15.0. The van der Waals surface area contributed by atoms with Crippen LogP contribution >= 0.6 is 11.8 Å². The van der Waals surface area contributed by atoms with E-state index >= 15 is 0 Å². The van der Waals surface area contributed by atoms with Gasteiger partial charge in [-0.25, -0.2) is 0 Å². The number of pyridine rings is 1. The number of amides is 1. The van der Waals surface area contributed by atoms with Crippen LogP contribution in [0.25, 0.3) is 0 Å². The smallest absolute Gasteiger partial charge is 0.232 e. The lowest BCUT2D eigenvalue weighted by Crippen LogP contribution is -2.44. The Morgan fingerprint density at radius 3 is 2.65 bits per heavy atom. The zero-order valence-corrected chi connectivity index (χ0v) is 15.8. The number of fused-ring (bicyclic) bond motifs is 4. The van der Waals surface area contributed by atoms with E-state index in [2.05, 4.69) is 45.1 Å². The van der Waals surface area contributed by atoms with Crippen molar-refractivity contribution in [2.45, 2.75) is 30.3 Å². The quantitative estimate of drug-likeness (QED) is 0.760. The second-order valence-corrected chi connectivity index (χ2v) is 8.33. The van der Waals surface area contributed by atoms with Gasteiger partial charge >= 0.3 is 0 Å². The first-order chi connectivity index (χ1) is 12.8. The predicted octanol–water partition coefficient (Wildman–Crippen LogP) is 3.30. The molecule has 3 fully saturated rings. The third-order valence-corrected chi connectivity index (χ3v) is 6.42. The van der Waals surface area contributed by atoms with E-state index in [1.54, 1.807) is 24.2 Å². The van der Waals surface area contributed by atoms with E-state index in [1.165, 1.54) is 18.4 Å².